The van der Waals surface area contributed by atoms with Crippen LogP contribution in [-0.2, 0) is 12.1 Å². The van der Waals surface area contributed by atoms with E-state index in [1.54, 1.807) is 6.92 Å². The quantitative estimate of drug-likeness (QED) is 0.756. The van der Waals surface area contributed by atoms with E-state index in [1.807, 2.05) is 30.3 Å². The summed E-state index contributed by atoms with van der Waals surface area (Å²) in [4.78, 5) is 0. The molecule has 0 saturated heterocycles. The zero-order valence-corrected chi connectivity index (χ0v) is 11.4. The van der Waals surface area contributed by atoms with E-state index in [9.17, 15) is 5.11 Å². The fraction of sp³-hybridized carbons (Fsp3) is 0.417. The predicted octanol–water partition coefficient (Wildman–Crippen LogP) is 0.665. The molecule has 2 N–H and O–H groups in total. The van der Waals surface area contributed by atoms with Crippen LogP contribution in [0.4, 0.5) is 0 Å². The number of hydrogen-bond acceptors (Lipinski definition) is 6. The Labute approximate surface area is 115 Å². The number of thioether (sulfide) groups is 1. The average molecular weight is 280 g/mol. The second-order valence-electron chi connectivity index (χ2n) is 4.34. The van der Waals surface area contributed by atoms with E-state index in [0.29, 0.717) is 17.5 Å². The van der Waals surface area contributed by atoms with Gasteiger partial charge in [0.15, 0.2) is 0 Å². The molecule has 7 heteroatoms. The summed E-state index contributed by atoms with van der Waals surface area (Å²) in [6.45, 7) is 2.09. The van der Waals surface area contributed by atoms with Crippen LogP contribution in [0.15, 0.2) is 35.5 Å². The second-order valence-corrected chi connectivity index (χ2v) is 5.28. The molecule has 102 valence electrons. The number of rotatable bonds is 6. The lowest BCUT2D eigenvalue weighted by Crippen LogP contribution is -2.24. The Morgan fingerprint density at radius 1 is 1.32 bits per heavy atom. The summed E-state index contributed by atoms with van der Waals surface area (Å²) in [5, 5.41) is 31.1. The average Bonchev–Trinajstić information content (AvgIpc) is 2.86. The first-order valence-electron chi connectivity index (χ1n) is 5.91. The van der Waals surface area contributed by atoms with E-state index >= 15 is 0 Å². The fourth-order valence-electron chi connectivity index (χ4n) is 1.62. The zero-order valence-electron chi connectivity index (χ0n) is 10.6. The molecule has 0 bridgehead atoms. The molecule has 0 spiro atoms. The van der Waals surface area contributed by atoms with Crippen molar-refractivity contribution >= 4 is 11.8 Å². The predicted molar refractivity (Wildman–Crippen MR) is 71.6 cm³/mol. The highest BCUT2D eigenvalue weighted by Gasteiger charge is 2.24. The lowest BCUT2D eigenvalue weighted by Gasteiger charge is -2.22. The molecule has 1 unspecified atom stereocenters. The minimum atomic E-state index is -0.956. The number of benzene rings is 1. The van der Waals surface area contributed by atoms with Crippen molar-refractivity contribution < 1.29 is 10.2 Å². The lowest BCUT2D eigenvalue weighted by molar-refractivity contribution is 0.0838. The minimum absolute atomic E-state index is 0.0202. The van der Waals surface area contributed by atoms with Gasteiger partial charge in [0.25, 0.3) is 0 Å². The molecule has 0 aliphatic carbocycles. The summed E-state index contributed by atoms with van der Waals surface area (Å²) in [5.41, 5.74) is -0.106. The maximum absolute atomic E-state index is 10.5. The molecule has 1 aromatic carbocycles. The van der Waals surface area contributed by atoms with E-state index in [4.69, 9.17) is 5.11 Å². The Morgan fingerprint density at radius 2 is 2.05 bits per heavy atom. The van der Waals surface area contributed by atoms with Crippen LogP contribution in [0, 0.1) is 0 Å². The Kier molecular flexibility index (Phi) is 4.52. The molecule has 1 atom stereocenters. The van der Waals surface area contributed by atoms with Crippen molar-refractivity contribution in [2.24, 2.45) is 0 Å². The Balaban J connectivity index is 2.03. The molecule has 6 nitrogen and oxygen atoms in total. The van der Waals surface area contributed by atoms with Crippen molar-refractivity contribution in [3.8, 4) is 0 Å². The van der Waals surface area contributed by atoms with Crippen molar-refractivity contribution in [3.63, 3.8) is 0 Å². The van der Waals surface area contributed by atoms with Crippen LogP contribution in [0.1, 0.15) is 12.5 Å². The molecule has 19 heavy (non-hydrogen) atoms. The fourth-order valence-corrected chi connectivity index (χ4v) is 2.57. The lowest BCUT2D eigenvalue weighted by atomic mass is 9.99. The highest BCUT2D eigenvalue weighted by Crippen LogP contribution is 2.27. The van der Waals surface area contributed by atoms with Gasteiger partial charge >= 0.3 is 0 Å². The largest absolute Gasteiger partial charge is 0.394 e. The zero-order chi connectivity index (χ0) is 13.7. The third-order valence-corrected chi connectivity index (χ3v) is 3.95. The smallest absolute Gasteiger partial charge is 0.209 e. The molecule has 0 fully saturated rings. The van der Waals surface area contributed by atoms with Gasteiger partial charge in [-0.2, -0.15) is 0 Å². The minimum Gasteiger partial charge on any atom is -0.394 e. The highest BCUT2D eigenvalue weighted by molar-refractivity contribution is 7.99. The summed E-state index contributed by atoms with van der Waals surface area (Å²) >= 11 is 1.36. The summed E-state index contributed by atoms with van der Waals surface area (Å²) in [6, 6.07) is 9.47. The van der Waals surface area contributed by atoms with Crippen LogP contribution in [0.2, 0.25) is 0 Å². The maximum Gasteiger partial charge on any atom is 0.209 e. The molecule has 2 aromatic rings. The first-order chi connectivity index (χ1) is 9.13. The van der Waals surface area contributed by atoms with Gasteiger partial charge in [-0.15, -0.1) is 5.10 Å². The number of nitrogens with zero attached hydrogens (tertiary/aromatic N) is 4. The molecule has 2 rings (SSSR count). The van der Waals surface area contributed by atoms with Gasteiger partial charge in [-0.05, 0) is 22.9 Å². The van der Waals surface area contributed by atoms with Crippen LogP contribution >= 0.6 is 11.8 Å². The summed E-state index contributed by atoms with van der Waals surface area (Å²) < 4.78 is 1.52. The van der Waals surface area contributed by atoms with Gasteiger partial charge in [-0.3, -0.25) is 0 Å². The van der Waals surface area contributed by atoms with Crippen molar-refractivity contribution in [1.29, 1.82) is 0 Å². The molecular formula is C12H16N4O2S. The monoisotopic (exact) mass is 280 g/mol. The number of aliphatic hydroxyl groups excluding tert-OH is 1. The van der Waals surface area contributed by atoms with E-state index in [0.717, 1.165) is 5.56 Å². The Morgan fingerprint density at radius 3 is 2.74 bits per heavy atom. The van der Waals surface area contributed by atoms with Crippen molar-refractivity contribution in [3.05, 3.63) is 35.9 Å². The molecule has 0 aliphatic rings. The van der Waals surface area contributed by atoms with Gasteiger partial charge in [0.2, 0.25) is 5.16 Å². The molecule has 0 radical (unpaired) electrons. The van der Waals surface area contributed by atoms with Gasteiger partial charge in [-0.1, -0.05) is 42.1 Å². The van der Waals surface area contributed by atoms with Crippen LogP contribution in [0.5, 0.6) is 0 Å². The Bertz CT molecular complexity index is 515. The third-order valence-electron chi connectivity index (χ3n) is 2.69. The molecular weight excluding hydrogens is 264 g/mol. The standard InChI is InChI=1S/C12H16N4O2S/c1-12(18,10-5-3-2-4-6-10)9-19-11-13-14-15-16(11)7-8-17/h2-6,17-18H,7-9H2,1H3. The maximum atomic E-state index is 10.5. The number of aliphatic hydroxyl groups is 2. The second kappa shape index (κ2) is 6.14. The van der Waals surface area contributed by atoms with Crippen LogP contribution < -0.4 is 0 Å². The van der Waals surface area contributed by atoms with E-state index in [1.165, 1.54) is 16.4 Å². The third kappa shape index (κ3) is 3.52. The van der Waals surface area contributed by atoms with Gasteiger partial charge < -0.3 is 10.2 Å². The van der Waals surface area contributed by atoms with E-state index in [-0.39, 0.29) is 6.61 Å². The molecule has 0 aliphatic heterocycles. The van der Waals surface area contributed by atoms with Crippen molar-refractivity contribution in [2.45, 2.75) is 24.2 Å². The molecule has 1 aromatic heterocycles. The topological polar surface area (TPSA) is 84.1 Å². The highest BCUT2D eigenvalue weighted by atomic mass is 32.2. The van der Waals surface area contributed by atoms with Crippen molar-refractivity contribution in [2.75, 3.05) is 12.4 Å². The molecule has 0 saturated carbocycles. The first kappa shape index (κ1) is 14.0. The normalized spacial score (nSPS) is 14.3. The summed E-state index contributed by atoms with van der Waals surface area (Å²) in [7, 11) is 0. The van der Waals surface area contributed by atoms with E-state index < -0.39 is 5.60 Å². The van der Waals surface area contributed by atoms with E-state index in [2.05, 4.69) is 15.5 Å². The first-order valence-corrected chi connectivity index (χ1v) is 6.90. The van der Waals surface area contributed by atoms with Crippen LogP contribution in [-0.4, -0.2) is 42.8 Å². The molecule has 1 heterocycles. The number of aromatic nitrogens is 4. The van der Waals surface area contributed by atoms with Gasteiger partial charge in [0.1, 0.15) is 0 Å². The van der Waals surface area contributed by atoms with Gasteiger partial charge in [0, 0.05) is 5.75 Å². The SMILES string of the molecule is CC(O)(CSc1nnnn1CCO)c1ccccc1. The van der Waals surface area contributed by atoms with Crippen LogP contribution in [0.3, 0.4) is 0 Å². The summed E-state index contributed by atoms with van der Waals surface area (Å²) in [5.74, 6) is 0.433. The van der Waals surface area contributed by atoms with Gasteiger partial charge in [-0.25, -0.2) is 4.68 Å². The summed E-state index contributed by atoms with van der Waals surface area (Å²) in [6.07, 6.45) is 0. The number of hydrogen-bond donors (Lipinski definition) is 2. The Hall–Kier alpha value is -1.44. The van der Waals surface area contributed by atoms with Crippen LogP contribution in [0.25, 0.3) is 0 Å². The molecule has 0 amide bonds. The van der Waals surface area contributed by atoms with Crippen molar-refractivity contribution in [1.82, 2.24) is 20.2 Å². The number of tetrazole rings is 1. The van der Waals surface area contributed by atoms with Gasteiger partial charge in [0.05, 0.1) is 18.8 Å².